The van der Waals surface area contributed by atoms with Crippen molar-refractivity contribution in [2.75, 3.05) is 47.1 Å². The van der Waals surface area contributed by atoms with Crippen molar-refractivity contribution in [3.8, 4) is 11.5 Å². The average Bonchev–Trinajstić information content (AvgIpc) is 3.76. The monoisotopic (exact) mass is 680 g/mol. The molecule has 0 spiro atoms. The van der Waals surface area contributed by atoms with Crippen LogP contribution >= 0.6 is 0 Å². The van der Waals surface area contributed by atoms with Gasteiger partial charge in [0.15, 0.2) is 11.2 Å². The number of fused-ring (bicyclic) bond motifs is 1. The zero-order valence-electron chi connectivity index (χ0n) is 28.2. The van der Waals surface area contributed by atoms with Gasteiger partial charge in [-0.25, -0.2) is 9.98 Å². The number of hydrogen-bond acceptors (Lipinski definition) is 10. The highest BCUT2D eigenvalue weighted by Gasteiger charge is 2.42. The standard InChI is InChI=1S/C37H40N6O7/c1-24(42-17-19-48-20-18-42)39-36-40-34-33(35(45)41-36)38-23-43(34)32-21-30(44)31(50-32)22-49-37(25-7-5-4-6-8-25,26-9-13-28(46-2)14-10-26)27-11-15-29(47-3)16-12-27/h4-16,23,30-32,44H,17-22H2,1-3H3,(H,40,41,45)/t30-,31-,32-/m1/s1. The normalized spacial score (nSPS) is 20.0. The maximum atomic E-state index is 13.0. The first-order chi connectivity index (χ1) is 24.4. The van der Waals surface area contributed by atoms with E-state index in [1.54, 1.807) is 18.8 Å². The Hall–Kier alpha value is -5.08. The molecule has 0 aliphatic carbocycles. The molecule has 3 aromatic carbocycles. The second-order valence-electron chi connectivity index (χ2n) is 12.2. The van der Waals surface area contributed by atoms with Crippen LogP contribution in [0.2, 0.25) is 0 Å². The third-order valence-corrected chi connectivity index (χ3v) is 9.31. The molecule has 0 amide bonds. The van der Waals surface area contributed by atoms with E-state index >= 15 is 0 Å². The van der Waals surface area contributed by atoms with Crippen molar-refractivity contribution >= 4 is 22.9 Å². The van der Waals surface area contributed by atoms with E-state index in [2.05, 4.69) is 24.8 Å². The van der Waals surface area contributed by atoms with E-state index in [4.69, 9.17) is 23.7 Å². The lowest BCUT2D eigenvalue weighted by Gasteiger charge is -2.37. The number of aromatic amines is 1. The number of nitrogens with one attached hydrogen (secondary N) is 1. The number of aromatic nitrogens is 4. The van der Waals surface area contributed by atoms with E-state index in [9.17, 15) is 9.90 Å². The van der Waals surface area contributed by atoms with Gasteiger partial charge in [0.25, 0.3) is 5.56 Å². The van der Waals surface area contributed by atoms with Gasteiger partial charge in [-0.15, -0.1) is 0 Å². The number of aliphatic hydroxyl groups excluding tert-OH is 1. The molecule has 13 nitrogen and oxygen atoms in total. The van der Waals surface area contributed by atoms with Crippen LogP contribution < -0.4 is 15.0 Å². The summed E-state index contributed by atoms with van der Waals surface area (Å²) in [5.41, 5.74) is 1.61. The summed E-state index contributed by atoms with van der Waals surface area (Å²) < 4.78 is 31.5. The molecule has 2 N–H and O–H groups in total. The summed E-state index contributed by atoms with van der Waals surface area (Å²) in [6.07, 6.45) is -0.481. The number of hydrogen-bond donors (Lipinski definition) is 2. The molecule has 4 heterocycles. The molecule has 2 aromatic heterocycles. The summed E-state index contributed by atoms with van der Waals surface area (Å²) >= 11 is 0. The summed E-state index contributed by atoms with van der Waals surface area (Å²) in [6, 6.07) is 25.4. The topological polar surface area (TPSA) is 146 Å². The first-order valence-corrected chi connectivity index (χ1v) is 16.6. The van der Waals surface area contributed by atoms with Crippen LogP contribution in [-0.2, 0) is 19.8 Å². The molecule has 260 valence electrons. The molecule has 0 saturated carbocycles. The summed E-state index contributed by atoms with van der Waals surface area (Å²) in [5, 5.41) is 11.4. The van der Waals surface area contributed by atoms with Crippen molar-refractivity contribution in [3.63, 3.8) is 0 Å². The number of aliphatic hydroxyl groups is 1. The molecular formula is C37H40N6O7. The van der Waals surface area contributed by atoms with Crippen LogP contribution in [0.1, 0.15) is 36.3 Å². The van der Waals surface area contributed by atoms with E-state index in [1.165, 1.54) is 6.33 Å². The fourth-order valence-corrected chi connectivity index (χ4v) is 6.61. The Morgan fingerprint density at radius 3 is 2.20 bits per heavy atom. The number of nitrogens with zero attached hydrogens (tertiary/aromatic N) is 5. The maximum absolute atomic E-state index is 13.0. The summed E-state index contributed by atoms with van der Waals surface area (Å²) in [5.74, 6) is 2.32. The minimum Gasteiger partial charge on any atom is -0.497 e. The van der Waals surface area contributed by atoms with Crippen LogP contribution in [0.3, 0.4) is 0 Å². The first kappa shape index (κ1) is 33.4. The molecule has 0 unspecified atom stereocenters. The highest BCUT2D eigenvalue weighted by atomic mass is 16.6. The predicted molar refractivity (Wildman–Crippen MR) is 186 cm³/mol. The lowest BCUT2D eigenvalue weighted by atomic mass is 9.80. The number of aliphatic imine (C=N–C) groups is 1. The zero-order chi connectivity index (χ0) is 34.7. The van der Waals surface area contributed by atoms with Crippen molar-refractivity contribution in [1.29, 1.82) is 0 Å². The number of benzene rings is 3. The van der Waals surface area contributed by atoms with Gasteiger partial charge < -0.3 is 33.7 Å². The van der Waals surface area contributed by atoms with E-state index in [-0.39, 0.29) is 24.5 Å². The van der Waals surface area contributed by atoms with Crippen LogP contribution in [0.15, 0.2) is 95.0 Å². The van der Waals surface area contributed by atoms with Crippen LogP contribution in [0, 0.1) is 0 Å². The van der Waals surface area contributed by atoms with Crippen LogP contribution in [0.25, 0.3) is 11.2 Å². The molecule has 5 aromatic rings. The molecule has 2 aliphatic heterocycles. The quantitative estimate of drug-likeness (QED) is 0.125. The fourth-order valence-electron chi connectivity index (χ4n) is 6.61. The second-order valence-corrected chi connectivity index (χ2v) is 12.2. The third-order valence-electron chi connectivity index (χ3n) is 9.31. The van der Waals surface area contributed by atoms with E-state index in [1.807, 2.05) is 85.8 Å². The Morgan fingerprint density at radius 1 is 0.960 bits per heavy atom. The van der Waals surface area contributed by atoms with Gasteiger partial charge in [-0.1, -0.05) is 54.6 Å². The Balaban J connectivity index is 1.19. The number of H-pyrrole nitrogens is 1. The van der Waals surface area contributed by atoms with Crippen molar-refractivity contribution in [2.45, 2.75) is 37.4 Å². The molecular weight excluding hydrogens is 640 g/mol. The Kier molecular flexibility index (Phi) is 9.63. The highest BCUT2D eigenvalue weighted by Crippen LogP contribution is 2.43. The molecule has 3 atom stereocenters. The van der Waals surface area contributed by atoms with E-state index in [0.717, 1.165) is 22.5 Å². The van der Waals surface area contributed by atoms with Gasteiger partial charge in [0.05, 0.1) is 46.5 Å². The fraction of sp³-hybridized carbons (Fsp3) is 0.351. The summed E-state index contributed by atoms with van der Waals surface area (Å²) in [4.78, 5) is 31.4. The van der Waals surface area contributed by atoms with Crippen LogP contribution in [0.5, 0.6) is 11.5 Å². The zero-order valence-corrected chi connectivity index (χ0v) is 28.2. The van der Waals surface area contributed by atoms with Crippen molar-refractivity contribution in [3.05, 3.63) is 112 Å². The lowest BCUT2D eigenvalue weighted by Crippen LogP contribution is -2.39. The predicted octanol–water partition coefficient (Wildman–Crippen LogP) is 4.18. The van der Waals surface area contributed by atoms with Gasteiger partial charge in [0.1, 0.15) is 35.3 Å². The van der Waals surface area contributed by atoms with Gasteiger partial charge in [-0.2, -0.15) is 4.98 Å². The molecule has 0 radical (unpaired) electrons. The molecule has 13 heteroatoms. The van der Waals surface area contributed by atoms with Crippen molar-refractivity contribution < 1.29 is 28.8 Å². The molecule has 7 rings (SSSR count). The van der Waals surface area contributed by atoms with Gasteiger partial charge in [0, 0.05) is 19.5 Å². The molecule has 2 aliphatic rings. The lowest BCUT2D eigenvalue weighted by molar-refractivity contribution is -0.0931. The van der Waals surface area contributed by atoms with Gasteiger partial charge in [-0.3, -0.25) is 14.3 Å². The first-order valence-electron chi connectivity index (χ1n) is 16.6. The highest BCUT2D eigenvalue weighted by molar-refractivity contribution is 5.82. The smallest absolute Gasteiger partial charge is 0.280 e. The van der Waals surface area contributed by atoms with Crippen molar-refractivity contribution in [1.82, 2.24) is 24.4 Å². The molecule has 50 heavy (non-hydrogen) atoms. The number of imidazole rings is 1. The minimum absolute atomic E-state index is 0.0412. The van der Waals surface area contributed by atoms with Crippen molar-refractivity contribution in [2.24, 2.45) is 4.99 Å². The SMILES string of the molecule is COc1ccc(C(OC[C@H]2O[C@@H](n3cnc4c(=O)[nH]c(N=C(C)N5CCOCC5)nc43)C[C@H]2O)(c2ccccc2)c2ccc(OC)cc2)cc1. The molecule has 2 fully saturated rings. The number of ether oxygens (including phenoxy) is 5. The van der Waals surface area contributed by atoms with E-state index in [0.29, 0.717) is 43.4 Å². The van der Waals surface area contributed by atoms with Crippen LogP contribution in [-0.4, -0.2) is 94.7 Å². The maximum Gasteiger partial charge on any atom is 0.280 e. The number of rotatable bonds is 10. The number of methoxy groups -OCH3 is 2. The minimum atomic E-state index is -1.08. The Bertz CT molecular complexity index is 1940. The molecule has 0 bridgehead atoms. The summed E-state index contributed by atoms with van der Waals surface area (Å²) in [7, 11) is 3.26. The molecule has 2 saturated heterocycles. The Labute approximate surface area is 289 Å². The van der Waals surface area contributed by atoms with Gasteiger partial charge in [0.2, 0.25) is 5.95 Å². The number of morpholine rings is 1. The van der Waals surface area contributed by atoms with Gasteiger partial charge >= 0.3 is 0 Å². The number of amidine groups is 1. The Morgan fingerprint density at radius 2 is 1.58 bits per heavy atom. The second kappa shape index (κ2) is 14.4. The average molecular weight is 681 g/mol. The third kappa shape index (κ3) is 6.48. The van der Waals surface area contributed by atoms with E-state index < -0.39 is 29.6 Å². The van der Waals surface area contributed by atoms with Crippen LogP contribution in [0.4, 0.5) is 5.95 Å². The van der Waals surface area contributed by atoms with Gasteiger partial charge in [-0.05, 0) is 47.9 Å². The largest absolute Gasteiger partial charge is 0.497 e. The summed E-state index contributed by atoms with van der Waals surface area (Å²) in [6.45, 7) is 4.56.